The van der Waals surface area contributed by atoms with Gasteiger partial charge in [-0.3, -0.25) is 9.80 Å². The average Bonchev–Trinajstić information content (AvgIpc) is 2.94. The summed E-state index contributed by atoms with van der Waals surface area (Å²) in [6.07, 6.45) is 3.34. The molecule has 7 heteroatoms. The van der Waals surface area contributed by atoms with Crippen LogP contribution in [-0.2, 0) is 4.79 Å². The highest BCUT2D eigenvalue weighted by atomic mass is 16.3. The standard InChI is InChI=1S/C15H11N5O2/c16-20-11-4-2-1-3-8(11)9-5-6-17-14-12(9)10(7-18-14)13(20)15(21)19-22/h1-7,13H,16H2,(H,17,18). The van der Waals surface area contributed by atoms with Crippen molar-refractivity contribution in [3.8, 4) is 11.1 Å². The predicted molar refractivity (Wildman–Crippen MR) is 81.7 cm³/mol. The van der Waals surface area contributed by atoms with Crippen molar-refractivity contribution in [3.05, 3.63) is 53.2 Å². The van der Waals surface area contributed by atoms with E-state index in [2.05, 4.69) is 15.1 Å². The molecule has 22 heavy (non-hydrogen) atoms. The number of fused-ring (bicyclic) bond motifs is 2. The zero-order chi connectivity index (χ0) is 15.3. The Labute approximate surface area is 124 Å². The molecule has 0 aliphatic carbocycles. The van der Waals surface area contributed by atoms with E-state index in [-0.39, 0.29) is 0 Å². The zero-order valence-electron chi connectivity index (χ0n) is 11.4. The molecule has 1 aliphatic heterocycles. The van der Waals surface area contributed by atoms with Crippen LogP contribution < -0.4 is 10.9 Å². The van der Waals surface area contributed by atoms with Gasteiger partial charge < -0.3 is 4.98 Å². The molecular formula is C15H11N5O2. The van der Waals surface area contributed by atoms with Gasteiger partial charge in [0, 0.05) is 34.1 Å². The molecule has 0 saturated carbocycles. The molecule has 0 radical (unpaired) electrons. The lowest BCUT2D eigenvalue weighted by Crippen LogP contribution is -2.38. The first kappa shape index (κ1) is 12.7. The van der Waals surface area contributed by atoms with Gasteiger partial charge in [-0.1, -0.05) is 18.2 Å². The molecule has 3 heterocycles. The van der Waals surface area contributed by atoms with Gasteiger partial charge in [0.2, 0.25) is 0 Å². The lowest BCUT2D eigenvalue weighted by molar-refractivity contribution is -0.119. The number of benzene rings is 1. The average molecular weight is 293 g/mol. The van der Waals surface area contributed by atoms with E-state index in [1.807, 2.05) is 30.3 Å². The minimum Gasteiger partial charge on any atom is -0.346 e. The Morgan fingerprint density at radius 2 is 2.09 bits per heavy atom. The number of carbonyl (C=O) groups excluding carboxylic acids is 1. The van der Waals surface area contributed by atoms with Crippen molar-refractivity contribution >= 4 is 22.6 Å². The summed E-state index contributed by atoms with van der Waals surface area (Å²) >= 11 is 0. The van der Waals surface area contributed by atoms with Crippen LogP contribution in [0.2, 0.25) is 0 Å². The third-order valence-electron chi connectivity index (χ3n) is 3.97. The Morgan fingerprint density at radius 3 is 2.91 bits per heavy atom. The number of hydrogen-bond acceptors (Lipinski definition) is 5. The zero-order valence-corrected chi connectivity index (χ0v) is 11.4. The number of carbonyl (C=O) groups is 1. The number of anilines is 1. The fourth-order valence-corrected chi connectivity index (χ4v) is 3.04. The quantitative estimate of drug-likeness (QED) is 0.529. The fourth-order valence-electron chi connectivity index (χ4n) is 3.04. The number of amides is 1. The fraction of sp³-hybridized carbons (Fsp3) is 0.0667. The highest BCUT2D eigenvalue weighted by Crippen LogP contribution is 2.43. The van der Waals surface area contributed by atoms with Gasteiger partial charge in [-0.25, -0.2) is 10.8 Å². The van der Waals surface area contributed by atoms with Gasteiger partial charge in [-0.2, -0.15) is 0 Å². The molecule has 0 spiro atoms. The lowest BCUT2D eigenvalue weighted by Gasteiger charge is -2.25. The maximum atomic E-state index is 12.1. The molecule has 0 saturated heterocycles. The molecule has 4 rings (SSSR count). The summed E-state index contributed by atoms with van der Waals surface area (Å²) in [5.41, 5.74) is 3.68. The molecule has 7 nitrogen and oxygen atoms in total. The molecule has 0 bridgehead atoms. The van der Waals surface area contributed by atoms with E-state index in [0.717, 1.165) is 16.5 Å². The highest BCUT2D eigenvalue weighted by molar-refractivity contribution is 6.04. The smallest absolute Gasteiger partial charge is 0.314 e. The van der Waals surface area contributed by atoms with Crippen molar-refractivity contribution in [2.45, 2.75) is 6.04 Å². The number of nitrogens with one attached hydrogen (secondary N) is 1. The Morgan fingerprint density at radius 1 is 1.27 bits per heavy atom. The maximum Gasteiger partial charge on any atom is 0.314 e. The lowest BCUT2D eigenvalue weighted by atomic mass is 10.0. The SMILES string of the molecule is NN1c2ccccc2-c2ccnc3[nH]cc(c23)C1C(=O)N=O. The van der Waals surface area contributed by atoms with Gasteiger partial charge >= 0.3 is 5.91 Å². The van der Waals surface area contributed by atoms with Crippen LogP contribution in [0.3, 0.4) is 0 Å². The van der Waals surface area contributed by atoms with Gasteiger partial charge in [-0.05, 0) is 17.7 Å². The van der Waals surface area contributed by atoms with E-state index in [1.165, 1.54) is 5.01 Å². The number of H-pyrrole nitrogens is 1. The summed E-state index contributed by atoms with van der Waals surface area (Å²) in [5, 5.41) is 4.65. The van der Waals surface area contributed by atoms with Crippen LogP contribution >= 0.6 is 0 Å². The maximum absolute atomic E-state index is 12.1. The minimum absolute atomic E-state index is 0.599. The van der Waals surface area contributed by atoms with Crippen LogP contribution in [0.15, 0.2) is 47.9 Å². The summed E-state index contributed by atoms with van der Waals surface area (Å²) in [6.45, 7) is 0. The summed E-state index contributed by atoms with van der Waals surface area (Å²) in [6, 6.07) is 8.34. The van der Waals surface area contributed by atoms with Crippen LogP contribution in [0.4, 0.5) is 5.69 Å². The van der Waals surface area contributed by atoms with E-state index < -0.39 is 11.9 Å². The normalized spacial score (nSPS) is 16.2. The van der Waals surface area contributed by atoms with Crippen LogP contribution in [0.5, 0.6) is 0 Å². The monoisotopic (exact) mass is 293 g/mol. The number of para-hydroxylation sites is 1. The summed E-state index contributed by atoms with van der Waals surface area (Å²) in [7, 11) is 0. The number of nitrogens with two attached hydrogens (primary N) is 1. The minimum atomic E-state index is -0.974. The molecule has 1 amide bonds. The number of nitrogens with zero attached hydrogens (tertiary/aromatic N) is 3. The van der Waals surface area contributed by atoms with Crippen molar-refractivity contribution in [3.63, 3.8) is 0 Å². The predicted octanol–water partition coefficient (Wildman–Crippen LogP) is 2.26. The van der Waals surface area contributed by atoms with Crippen molar-refractivity contribution < 1.29 is 4.79 Å². The van der Waals surface area contributed by atoms with Crippen LogP contribution in [0.25, 0.3) is 22.2 Å². The Balaban J connectivity index is 2.15. The van der Waals surface area contributed by atoms with Crippen LogP contribution in [0, 0.1) is 4.91 Å². The summed E-state index contributed by atoms with van der Waals surface area (Å²) in [4.78, 5) is 30.2. The molecule has 2 aromatic heterocycles. The molecule has 3 aromatic rings. The third-order valence-corrected chi connectivity index (χ3v) is 3.97. The van der Waals surface area contributed by atoms with Gasteiger partial charge in [0.1, 0.15) is 5.65 Å². The first-order valence-corrected chi connectivity index (χ1v) is 6.69. The van der Waals surface area contributed by atoms with Crippen molar-refractivity contribution in [2.24, 2.45) is 11.0 Å². The van der Waals surface area contributed by atoms with E-state index in [9.17, 15) is 9.70 Å². The topological polar surface area (TPSA) is 104 Å². The second-order valence-corrected chi connectivity index (χ2v) is 5.08. The third kappa shape index (κ3) is 1.54. The number of hydrogen-bond donors (Lipinski definition) is 2. The van der Waals surface area contributed by atoms with Gasteiger partial charge in [0.25, 0.3) is 0 Å². The number of aromatic amines is 1. The molecule has 3 N–H and O–H groups in total. The highest BCUT2D eigenvalue weighted by Gasteiger charge is 2.34. The Hall–Kier alpha value is -3.06. The number of nitroso groups, excluding NO2 is 1. The van der Waals surface area contributed by atoms with Crippen molar-refractivity contribution in [1.29, 1.82) is 0 Å². The Kier molecular flexibility index (Phi) is 2.57. The molecule has 1 aliphatic rings. The second-order valence-electron chi connectivity index (χ2n) is 5.08. The van der Waals surface area contributed by atoms with Crippen LogP contribution in [0.1, 0.15) is 11.6 Å². The number of aromatic nitrogens is 2. The number of hydrazine groups is 1. The second kappa shape index (κ2) is 4.47. The van der Waals surface area contributed by atoms with E-state index in [4.69, 9.17) is 5.84 Å². The molecule has 1 unspecified atom stereocenters. The van der Waals surface area contributed by atoms with Gasteiger partial charge in [0.05, 0.1) is 5.69 Å². The van der Waals surface area contributed by atoms with E-state index in [1.54, 1.807) is 12.4 Å². The van der Waals surface area contributed by atoms with Gasteiger partial charge in [0.15, 0.2) is 6.04 Å². The first-order valence-electron chi connectivity index (χ1n) is 6.69. The van der Waals surface area contributed by atoms with Crippen molar-refractivity contribution in [1.82, 2.24) is 9.97 Å². The summed E-state index contributed by atoms with van der Waals surface area (Å²) in [5.74, 6) is 5.32. The van der Waals surface area contributed by atoms with Crippen LogP contribution in [-0.4, -0.2) is 15.9 Å². The molecular weight excluding hydrogens is 282 g/mol. The number of rotatable bonds is 1. The summed E-state index contributed by atoms with van der Waals surface area (Å²) < 4.78 is 0. The van der Waals surface area contributed by atoms with E-state index in [0.29, 0.717) is 16.9 Å². The molecule has 1 aromatic carbocycles. The molecule has 1 atom stereocenters. The number of pyridine rings is 1. The first-order chi connectivity index (χ1) is 10.7. The van der Waals surface area contributed by atoms with Crippen molar-refractivity contribution in [2.75, 3.05) is 5.01 Å². The molecule has 0 fully saturated rings. The Bertz CT molecular complexity index is 917. The van der Waals surface area contributed by atoms with Gasteiger partial charge in [-0.15, -0.1) is 4.91 Å². The molecule has 108 valence electrons. The largest absolute Gasteiger partial charge is 0.346 e. The van der Waals surface area contributed by atoms with E-state index >= 15 is 0 Å².